The summed E-state index contributed by atoms with van der Waals surface area (Å²) >= 11 is 5.72. The maximum Gasteiger partial charge on any atom is 0.245 e. The molecular weight excluding hydrogens is 395 g/mol. The highest BCUT2D eigenvalue weighted by molar-refractivity contribution is 7.92. The molecule has 0 aliphatic rings. The van der Waals surface area contributed by atoms with Crippen LogP contribution in [-0.2, 0) is 14.8 Å². The molecule has 2 aromatic rings. The Labute approximate surface area is 162 Å². The van der Waals surface area contributed by atoms with Gasteiger partial charge in [-0.2, -0.15) is 0 Å². The lowest BCUT2D eigenvalue weighted by atomic mass is 10.3. The highest BCUT2D eigenvalue weighted by Crippen LogP contribution is 2.24. The van der Waals surface area contributed by atoms with E-state index < -0.39 is 28.3 Å². The van der Waals surface area contributed by atoms with E-state index in [1.54, 1.807) is 24.3 Å². The molecule has 1 amide bonds. The molecule has 0 radical (unpaired) electrons. The van der Waals surface area contributed by atoms with Gasteiger partial charge < -0.3 is 10.1 Å². The SMILES string of the molecule is CC(C)Oc1ccc(NC(=O)CN(c2ccc(F)c(Cl)c2)S(C)(=O)=O)cc1. The van der Waals surface area contributed by atoms with Crippen molar-refractivity contribution in [2.24, 2.45) is 0 Å². The van der Waals surface area contributed by atoms with Crippen LogP contribution in [-0.4, -0.2) is 33.2 Å². The van der Waals surface area contributed by atoms with Crippen LogP contribution in [0.1, 0.15) is 13.8 Å². The lowest BCUT2D eigenvalue weighted by molar-refractivity contribution is -0.114. The van der Waals surface area contributed by atoms with Crippen LogP contribution in [0.5, 0.6) is 5.75 Å². The molecule has 1 N–H and O–H groups in total. The van der Waals surface area contributed by atoms with Crippen molar-refractivity contribution in [2.45, 2.75) is 20.0 Å². The Morgan fingerprint density at radius 1 is 1.22 bits per heavy atom. The number of carbonyl (C=O) groups excluding carboxylic acids is 1. The van der Waals surface area contributed by atoms with Gasteiger partial charge in [0, 0.05) is 5.69 Å². The number of halogens is 2. The Morgan fingerprint density at radius 3 is 2.37 bits per heavy atom. The lowest BCUT2D eigenvalue weighted by Crippen LogP contribution is -2.37. The fourth-order valence-electron chi connectivity index (χ4n) is 2.26. The zero-order chi connectivity index (χ0) is 20.2. The zero-order valence-electron chi connectivity index (χ0n) is 15.1. The van der Waals surface area contributed by atoms with Crippen molar-refractivity contribution in [3.05, 3.63) is 53.3 Å². The van der Waals surface area contributed by atoms with E-state index in [1.807, 2.05) is 13.8 Å². The standard InChI is InChI=1S/C18H20ClFN2O4S/c1-12(2)26-15-7-4-13(5-8-15)21-18(23)11-22(27(3,24)25)14-6-9-17(20)16(19)10-14/h4-10,12H,11H2,1-3H3,(H,21,23). The highest BCUT2D eigenvalue weighted by Gasteiger charge is 2.22. The predicted octanol–water partition coefficient (Wildman–Crippen LogP) is 3.67. The molecule has 0 aromatic heterocycles. The number of benzene rings is 2. The Balaban J connectivity index is 2.13. The quantitative estimate of drug-likeness (QED) is 0.750. The second kappa shape index (κ2) is 8.58. The normalized spacial score (nSPS) is 11.3. The minimum atomic E-state index is -3.78. The third kappa shape index (κ3) is 6.11. The molecule has 9 heteroatoms. The summed E-state index contributed by atoms with van der Waals surface area (Å²) in [5.74, 6) is -0.581. The van der Waals surface area contributed by atoms with Crippen LogP contribution in [0.4, 0.5) is 15.8 Å². The molecule has 0 bridgehead atoms. The van der Waals surface area contributed by atoms with E-state index in [2.05, 4.69) is 5.32 Å². The topological polar surface area (TPSA) is 75.7 Å². The van der Waals surface area contributed by atoms with E-state index >= 15 is 0 Å². The molecule has 0 spiro atoms. The van der Waals surface area contributed by atoms with Crippen molar-refractivity contribution < 1.29 is 22.3 Å². The number of anilines is 2. The van der Waals surface area contributed by atoms with Crippen molar-refractivity contribution in [1.29, 1.82) is 0 Å². The number of hydrogen-bond donors (Lipinski definition) is 1. The fourth-order valence-corrected chi connectivity index (χ4v) is 3.28. The molecular formula is C18H20ClFN2O4S. The number of rotatable bonds is 7. The number of ether oxygens (including phenoxy) is 1. The van der Waals surface area contributed by atoms with Gasteiger partial charge in [0.25, 0.3) is 0 Å². The van der Waals surface area contributed by atoms with Crippen molar-refractivity contribution in [3.8, 4) is 5.75 Å². The van der Waals surface area contributed by atoms with Gasteiger partial charge in [0.15, 0.2) is 0 Å². The van der Waals surface area contributed by atoms with Crippen molar-refractivity contribution in [2.75, 3.05) is 22.4 Å². The van der Waals surface area contributed by atoms with Gasteiger partial charge in [-0.3, -0.25) is 9.10 Å². The van der Waals surface area contributed by atoms with E-state index in [-0.39, 0.29) is 16.8 Å². The first-order valence-electron chi connectivity index (χ1n) is 8.05. The molecule has 0 heterocycles. The average molecular weight is 415 g/mol. The number of nitrogens with zero attached hydrogens (tertiary/aromatic N) is 1. The van der Waals surface area contributed by atoms with E-state index in [9.17, 15) is 17.6 Å². The van der Waals surface area contributed by atoms with Gasteiger partial charge in [0.1, 0.15) is 18.1 Å². The van der Waals surface area contributed by atoms with Crippen LogP contribution in [0.2, 0.25) is 5.02 Å². The van der Waals surface area contributed by atoms with Crippen molar-refractivity contribution in [1.82, 2.24) is 0 Å². The first-order chi connectivity index (χ1) is 12.6. The third-order valence-corrected chi connectivity index (χ3v) is 4.82. The van der Waals surface area contributed by atoms with Crippen molar-refractivity contribution >= 4 is 38.9 Å². The molecule has 146 valence electrons. The van der Waals surface area contributed by atoms with Crippen LogP contribution in [0, 0.1) is 5.82 Å². The summed E-state index contributed by atoms with van der Waals surface area (Å²) < 4.78 is 43.8. The fraction of sp³-hybridized carbons (Fsp3) is 0.278. The average Bonchev–Trinajstić information content (AvgIpc) is 2.56. The monoisotopic (exact) mass is 414 g/mol. The molecule has 0 aliphatic carbocycles. The van der Waals surface area contributed by atoms with Crippen LogP contribution in [0.15, 0.2) is 42.5 Å². The van der Waals surface area contributed by atoms with Crippen LogP contribution < -0.4 is 14.4 Å². The summed E-state index contributed by atoms with van der Waals surface area (Å²) in [5, 5.41) is 2.38. The van der Waals surface area contributed by atoms with Gasteiger partial charge in [-0.1, -0.05) is 11.6 Å². The minimum Gasteiger partial charge on any atom is -0.491 e. The Kier molecular flexibility index (Phi) is 6.67. The molecule has 2 rings (SSSR count). The summed E-state index contributed by atoms with van der Waals surface area (Å²) in [5.41, 5.74) is 0.585. The third-order valence-electron chi connectivity index (χ3n) is 3.39. The molecule has 27 heavy (non-hydrogen) atoms. The summed E-state index contributed by atoms with van der Waals surface area (Å²) in [4.78, 5) is 12.3. The van der Waals surface area contributed by atoms with E-state index in [1.165, 1.54) is 6.07 Å². The lowest BCUT2D eigenvalue weighted by Gasteiger charge is -2.22. The van der Waals surface area contributed by atoms with Crippen LogP contribution in [0.3, 0.4) is 0 Å². The summed E-state index contributed by atoms with van der Waals surface area (Å²) in [6.45, 7) is 3.32. The van der Waals surface area contributed by atoms with E-state index in [0.717, 1.165) is 22.7 Å². The predicted molar refractivity (Wildman–Crippen MR) is 104 cm³/mol. The Bertz CT molecular complexity index is 917. The smallest absolute Gasteiger partial charge is 0.245 e. The first-order valence-corrected chi connectivity index (χ1v) is 10.3. The van der Waals surface area contributed by atoms with Gasteiger partial charge in [0.2, 0.25) is 15.9 Å². The summed E-state index contributed by atoms with van der Waals surface area (Å²) in [6, 6.07) is 10.1. The number of nitrogens with one attached hydrogen (secondary N) is 1. The van der Waals surface area contributed by atoms with Gasteiger partial charge in [-0.15, -0.1) is 0 Å². The van der Waals surface area contributed by atoms with E-state index in [0.29, 0.717) is 11.4 Å². The van der Waals surface area contributed by atoms with Gasteiger partial charge >= 0.3 is 0 Å². The molecule has 2 aromatic carbocycles. The van der Waals surface area contributed by atoms with Gasteiger partial charge in [-0.25, -0.2) is 12.8 Å². The van der Waals surface area contributed by atoms with Crippen LogP contribution >= 0.6 is 11.6 Å². The molecule has 0 atom stereocenters. The van der Waals surface area contributed by atoms with Crippen LogP contribution in [0.25, 0.3) is 0 Å². The first kappa shape index (κ1) is 21.0. The number of amides is 1. The molecule has 0 aliphatic heterocycles. The largest absolute Gasteiger partial charge is 0.491 e. The van der Waals surface area contributed by atoms with Gasteiger partial charge in [-0.05, 0) is 56.3 Å². The Morgan fingerprint density at radius 2 is 1.85 bits per heavy atom. The van der Waals surface area contributed by atoms with Gasteiger partial charge in [0.05, 0.1) is 23.1 Å². The Hall–Kier alpha value is -2.32. The highest BCUT2D eigenvalue weighted by atomic mass is 35.5. The number of sulfonamides is 1. The summed E-state index contributed by atoms with van der Waals surface area (Å²) in [7, 11) is -3.78. The number of carbonyl (C=O) groups is 1. The molecule has 0 saturated carbocycles. The molecule has 0 unspecified atom stereocenters. The van der Waals surface area contributed by atoms with Crippen molar-refractivity contribution in [3.63, 3.8) is 0 Å². The molecule has 6 nitrogen and oxygen atoms in total. The maximum atomic E-state index is 13.3. The maximum absolute atomic E-state index is 13.3. The minimum absolute atomic E-state index is 0.0243. The zero-order valence-corrected chi connectivity index (χ0v) is 16.6. The molecule has 0 saturated heterocycles. The molecule has 0 fully saturated rings. The summed E-state index contributed by atoms with van der Waals surface area (Å²) in [6.07, 6.45) is 0.978. The number of hydrogen-bond acceptors (Lipinski definition) is 4. The van der Waals surface area contributed by atoms with E-state index in [4.69, 9.17) is 16.3 Å². The second-order valence-electron chi connectivity index (χ2n) is 6.11. The second-order valence-corrected chi connectivity index (χ2v) is 8.42.